The number of azide groups is 1. The zero-order chi connectivity index (χ0) is 26.1. The normalized spacial score (nSPS) is 16.3. The average Bonchev–Trinajstić information content (AvgIpc) is 3.35. The van der Waals surface area contributed by atoms with Crippen LogP contribution in [0.3, 0.4) is 0 Å². The van der Waals surface area contributed by atoms with Crippen LogP contribution in [0.15, 0.2) is 82.9 Å². The first kappa shape index (κ1) is 25.7. The van der Waals surface area contributed by atoms with Gasteiger partial charge in [-0.1, -0.05) is 47.6 Å². The highest BCUT2D eigenvalue weighted by Gasteiger charge is 2.44. The Hall–Kier alpha value is -4.40. The van der Waals surface area contributed by atoms with E-state index in [0.717, 1.165) is 0 Å². The van der Waals surface area contributed by atoms with Gasteiger partial charge in [-0.25, -0.2) is 9.38 Å². The number of carbonyl (C=O) groups excluding carboxylic acids is 1. The van der Waals surface area contributed by atoms with Crippen LogP contribution < -0.4 is 10.1 Å². The Morgan fingerprint density at radius 3 is 2.59 bits per heavy atom. The number of aliphatic hydroxyl groups excluding tert-OH is 1. The van der Waals surface area contributed by atoms with Crippen LogP contribution in [0.1, 0.15) is 23.1 Å². The molecule has 1 aliphatic heterocycles. The number of rotatable bonds is 11. The third-order valence-electron chi connectivity index (χ3n) is 5.88. The number of carbonyl (C=O) groups is 1. The summed E-state index contributed by atoms with van der Waals surface area (Å²) in [7, 11) is 0. The fourth-order valence-electron chi connectivity index (χ4n) is 3.93. The Morgan fingerprint density at radius 1 is 1.14 bits per heavy atom. The van der Waals surface area contributed by atoms with E-state index in [4.69, 9.17) is 25.1 Å². The molecule has 10 heteroatoms. The van der Waals surface area contributed by atoms with E-state index in [1.54, 1.807) is 66.7 Å². The van der Waals surface area contributed by atoms with E-state index in [9.17, 15) is 9.18 Å². The van der Waals surface area contributed by atoms with Gasteiger partial charge < -0.3 is 19.9 Å². The molecular formula is C27H26FN5O4. The van der Waals surface area contributed by atoms with Gasteiger partial charge in [0.2, 0.25) is 5.90 Å². The molecule has 2 N–H and O–H groups in total. The molecule has 0 bridgehead atoms. The van der Waals surface area contributed by atoms with Gasteiger partial charge in [0.25, 0.3) is 5.91 Å². The molecule has 9 nitrogen and oxygen atoms in total. The molecule has 1 amide bonds. The lowest BCUT2D eigenvalue weighted by molar-refractivity contribution is -0.126. The summed E-state index contributed by atoms with van der Waals surface area (Å²) < 4.78 is 25.6. The van der Waals surface area contributed by atoms with Crippen molar-refractivity contribution in [2.45, 2.75) is 24.9 Å². The largest absolute Gasteiger partial charge is 0.494 e. The second-order valence-corrected chi connectivity index (χ2v) is 8.46. The number of amides is 1. The minimum absolute atomic E-state index is 0.0179. The Morgan fingerprint density at radius 2 is 1.86 bits per heavy atom. The zero-order valence-corrected chi connectivity index (χ0v) is 20.0. The molecule has 0 saturated heterocycles. The smallest absolute Gasteiger partial charge is 0.252 e. The molecule has 0 unspecified atom stereocenters. The lowest BCUT2D eigenvalue weighted by atomic mass is 9.90. The van der Waals surface area contributed by atoms with Crippen molar-refractivity contribution in [1.29, 1.82) is 0 Å². The number of aliphatic imine (C=N–C) groups is 1. The monoisotopic (exact) mass is 503 g/mol. The molecule has 1 heterocycles. The molecule has 1 aliphatic rings. The molecule has 0 aliphatic carbocycles. The summed E-state index contributed by atoms with van der Waals surface area (Å²) in [4.78, 5) is 21.1. The van der Waals surface area contributed by atoms with Crippen molar-refractivity contribution in [3.8, 4) is 5.75 Å². The third kappa shape index (κ3) is 6.24. The van der Waals surface area contributed by atoms with Crippen LogP contribution in [0.25, 0.3) is 10.4 Å². The van der Waals surface area contributed by atoms with Crippen LogP contribution >= 0.6 is 0 Å². The van der Waals surface area contributed by atoms with Crippen molar-refractivity contribution in [1.82, 2.24) is 5.32 Å². The van der Waals surface area contributed by atoms with E-state index in [2.05, 4.69) is 15.3 Å². The van der Waals surface area contributed by atoms with Crippen molar-refractivity contribution in [2.24, 2.45) is 10.1 Å². The Bertz CT molecular complexity index is 1320. The molecule has 0 spiro atoms. The topological polar surface area (TPSA) is 129 Å². The number of benzene rings is 3. The molecule has 4 rings (SSSR count). The maximum atomic E-state index is 14.1. The molecule has 3 aromatic rings. The van der Waals surface area contributed by atoms with Crippen molar-refractivity contribution in [3.05, 3.63) is 106 Å². The van der Waals surface area contributed by atoms with Crippen molar-refractivity contribution in [3.63, 3.8) is 0 Å². The van der Waals surface area contributed by atoms with Crippen LogP contribution in [0.2, 0.25) is 0 Å². The van der Waals surface area contributed by atoms with E-state index in [1.807, 2.05) is 0 Å². The summed E-state index contributed by atoms with van der Waals surface area (Å²) in [6.07, 6.45) is 0.635. The highest BCUT2D eigenvalue weighted by molar-refractivity contribution is 6.00. The minimum atomic E-state index is -1.36. The lowest BCUT2D eigenvalue weighted by Gasteiger charge is -2.24. The number of nitrogens with one attached hydrogen (secondary N) is 1. The standard InChI is InChI=1S/C27H26FN5O4/c28-23-8-3-1-7-21(23)17-30-26(35)27(16-20-6-2-4-9-24(20)32-33-29)18-37-25(31-27)19-10-12-22(13-11-19)36-15-5-14-34/h1-4,6-13,34H,5,14-18H2,(H,30,35)/t27-/m1/s1. The number of halogens is 1. The van der Waals surface area contributed by atoms with Crippen molar-refractivity contribution >= 4 is 17.5 Å². The van der Waals surface area contributed by atoms with Crippen molar-refractivity contribution in [2.75, 3.05) is 19.8 Å². The SMILES string of the molecule is [N-]=[N+]=Nc1ccccc1C[C@]1(C(=O)NCc2ccccc2F)COC(c2ccc(OCCCO)cc2)=N1. The van der Waals surface area contributed by atoms with E-state index >= 15 is 0 Å². The number of hydrogen-bond acceptors (Lipinski definition) is 6. The van der Waals surface area contributed by atoms with Gasteiger partial charge in [0.05, 0.1) is 6.61 Å². The Kier molecular flexibility index (Phi) is 8.35. The first-order valence-corrected chi connectivity index (χ1v) is 11.8. The molecule has 37 heavy (non-hydrogen) atoms. The van der Waals surface area contributed by atoms with Crippen LogP contribution in [0, 0.1) is 5.82 Å². The third-order valence-corrected chi connectivity index (χ3v) is 5.88. The Balaban J connectivity index is 1.62. The molecule has 0 fully saturated rings. The minimum Gasteiger partial charge on any atom is -0.494 e. The molecular weight excluding hydrogens is 477 g/mol. The summed E-state index contributed by atoms with van der Waals surface area (Å²) in [5.41, 5.74) is 9.62. The van der Waals surface area contributed by atoms with Crippen molar-refractivity contribution < 1.29 is 23.8 Å². The van der Waals surface area contributed by atoms with E-state index in [-0.39, 0.29) is 32.1 Å². The van der Waals surface area contributed by atoms with Crippen LogP contribution in [0.4, 0.5) is 10.1 Å². The zero-order valence-electron chi connectivity index (χ0n) is 20.0. The molecule has 3 aromatic carbocycles. The maximum absolute atomic E-state index is 14.1. The van der Waals surface area contributed by atoms with Gasteiger partial charge >= 0.3 is 0 Å². The predicted molar refractivity (Wildman–Crippen MR) is 136 cm³/mol. The van der Waals surface area contributed by atoms with Gasteiger partial charge in [0.15, 0.2) is 5.54 Å². The summed E-state index contributed by atoms with van der Waals surface area (Å²) in [5, 5.41) is 15.4. The van der Waals surface area contributed by atoms with Gasteiger partial charge in [-0.3, -0.25) is 4.79 Å². The van der Waals surface area contributed by atoms with E-state index < -0.39 is 17.3 Å². The lowest BCUT2D eigenvalue weighted by Crippen LogP contribution is -2.48. The number of hydrogen-bond donors (Lipinski definition) is 2. The van der Waals surface area contributed by atoms with Gasteiger partial charge in [-0.2, -0.15) is 0 Å². The average molecular weight is 504 g/mol. The predicted octanol–water partition coefficient (Wildman–Crippen LogP) is 4.60. The van der Waals surface area contributed by atoms with Gasteiger partial charge in [0.1, 0.15) is 18.2 Å². The highest BCUT2D eigenvalue weighted by atomic mass is 19.1. The van der Waals surface area contributed by atoms with E-state index in [1.165, 1.54) is 6.07 Å². The van der Waals surface area contributed by atoms with E-state index in [0.29, 0.717) is 41.2 Å². The molecule has 0 saturated carbocycles. The fourth-order valence-corrected chi connectivity index (χ4v) is 3.93. The second-order valence-electron chi connectivity index (χ2n) is 8.46. The highest BCUT2D eigenvalue weighted by Crippen LogP contribution is 2.31. The number of aliphatic hydroxyl groups is 1. The molecule has 0 radical (unpaired) electrons. The summed E-state index contributed by atoms with van der Waals surface area (Å²) in [6.45, 7) is 0.372. The Labute approximate surface area is 213 Å². The van der Waals surface area contributed by atoms with Crippen LogP contribution in [-0.4, -0.2) is 42.3 Å². The molecule has 0 aromatic heterocycles. The van der Waals surface area contributed by atoms with Gasteiger partial charge in [0, 0.05) is 47.7 Å². The fraction of sp³-hybridized carbons (Fsp3) is 0.259. The first-order valence-electron chi connectivity index (χ1n) is 11.8. The second kappa shape index (κ2) is 12.0. The van der Waals surface area contributed by atoms with Gasteiger partial charge in [-0.05, 0) is 41.4 Å². The maximum Gasteiger partial charge on any atom is 0.252 e. The molecule has 1 atom stereocenters. The van der Waals surface area contributed by atoms with Crippen LogP contribution in [-0.2, 0) is 22.5 Å². The number of ether oxygens (including phenoxy) is 2. The number of nitrogens with zero attached hydrogens (tertiary/aromatic N) is 4. The van der Waals surface area contributed by atoms with Crippen LogP contribution in [0.5, 0.6) is 5.75 Å². The summed E-state index contributed by atoms with van der Waals surface area (Å²) in [5.74, 6) is 0.0568. The quantitative estimate of drug-likeness (QED) is 0.171. The first-order chi connectivity index (χ1) is 18.0. The molecule has 190 valence electrons. The van der Waals surface area contributed by atoms with Gasteiger partial charge in [-0.15, -0.1) is 0 Å². The summed E-state index contributed by atoms with van der Waals surface area (Å²) >= 11 is 0. The summed E-state index contributed by atoms with van der Waals surface area (Å²) in [6, 6.07) is 20.2.